The first-order valence-corrected chi connectivity index (χ1v) is 7.01. The third kappa shape index (κ3) is 14.6. The summed E-state index contributed by atoms with van der Waals surface area (Å²) in [5.74, 6) is 2.31. The van der Waals surface area contributed by atoms with Crippen molar-refractivity contribution in [3.63, 3.8) is 0 Å². The highest BCUT2D eigenvalue weighted by Crippen LogP contribution is 2.15. The Morgan fingerprint density at radius 2 is 1.20 bits per heavy atom. The molecule has 15 heavy (non-hydrogen) atoms. The fraction of sp³-hybridized carbons (Fsp3) is 1.00. The lowest BCUT2D eigenvalue weighted by molar-refractivity contribution is 0.148. The predicted octanol–water partition coefficient (Wildman–Crippen LogP) is 3.56. The van der Waals surface area contributed by atoms with Gasteiger partial charge in [0.25, 0.3) is 0 Å². The number of hydrogen-bond donors (Lipinski definition) is 0. The lowest BCUT2D eigenvalue weighted by Crippen LogP contribution is -2.02. The molecule has 5 heteroatoms. The zero-order chi connectivity index (χ0) is 11.5. The van der Waals surface area contributed by atoms with Gasteiger partial charge < -0.3 is 9.47 Å². The van der Waals surface area contributed by atoms with Gasteiger partial charge in [0.1, 0.15) is 11.9 Å². The highest BCUT2D eigenvalue weighted by Gasteiger charge is 1.96. The quantitative estimate of drug-likeness (QED) is 0.337. The summed E-state index contributed by atoms with van der Waals surface area (Å²) >= 11 is 2.63. The molecular formula is C10H22O3S2. The van der Waals surface area contributed by atoms with Crippen molar-refractivity contribution in [3.05, 3.63) is 0 Å². The molecule has 0 aliphatic carbocycles. The van der Waals surface area contributed by atoms with Gasteiger partial charge in [0.15, 0.2) is 0 Å². The molecule has 0 aliphatic rings. The van der Waals surface area contributed by atoms with Crippen molar-refractivity contribution in [2.75, 3.05) is 25.1 Å². The van der Waals surface area contributed by atoms with Gasteiger partial charge in [0.05, 0.1) is 13.2 Å². The van der Waals surface area contributed by atoms with E-state index in [0.717, 1.165) is 13.2 Å². The molecule has 0 atom stereocenters. The van der Waals surface area contributed by atoms with Crippen molar-refractivity contribution in [2.24, 2.45) is 11.8 Å². The van der Waals surface area contributed by atoms with E-state index in [9.17, 15) is 0 Å². The third-order valence-corrected chi connectivity index (χ3v) is 2.56. The number of hydrogen-bond acceptors (Lipinski definition) is 5. The van der Waals surface area contributed by atoms with Gasteiger partial charge in [-0.05, 0) is 11.8 Å². The zero-order valence-corrected chi connectivity index (χ0v) is 11.7. The average Bonchev–Trinajstić information content (AvgIpc) is 2.14. The molecule has 0 aromatic carbocycles. The van der Waals surface area contributed by atoms with E-state index in [0.29, 0.717) is 23.7 Å². The second-order valence-electron chi connectivity index (χ2n) is 4.07. The van der Waals surface area contributed by atoms with Crippen LogP contribution < -0.4 is 0 Å². The minimum atomic E-state index is 0.577. The summed E-state index contributed by atoms with van der Waals surface area (Å²) in [4.78, 5) is 0. The van der Waals surface area contributed by atoms with Crippen LogP contribution >= 0.6 is 24.1 Å². The molecule has 0 rings (SSSR count). The Labute approximate surface area is 102 Å². The Bertz CT molecular complexity index is 118. The van der Waals surface area contributed by atoms with Gasteiger partial charge in [0, 0.05) is 24.1 Å². The lowest BCUT2D eigenvalue weighted by Gasteiger charge is -2.07. The van der Waals surface area contributed by atoms with Gasteiger partial charge in [-0.15, -0.1) is 0 Å². The Hall–Kier alpha value is 0.580. The first-order chi connectivity index (χ1) is 7.13. The van der Waals surface area contributed by atoms with Crippen LogP contribution in [-0.4, -0.2) is 25.1 Å². The second-order valence-corrected chi connectivity index (χ2v) is 5.56. The smallest absolute Gasteiger partial charge is 0.119 e. The van der Waals surface area contributed by atoms with Crippen molar-refractivity contribution in [1.29, 1.82) is 0 Å². The monoisotopic (exact) mass is 254 g/mol. The summed E-state index contributed by atoms with van der Waals surface area (Å²) in [5, 5.41) is 0. The predicted molar refractivity (Wildman–Crippen MR) is 67.6 cm³/mol. The van der Waals surface area contributed by atoms with Gasteiger partial charge in [-0.1, -0.05) is 27.7 Å². The fourth-order valence-electron chi connectivity index (χ4n) is 0.709. The average molecular weight is 254 g/mol. The van der Waals surface area contributed by atoms with Crippen LogP contribution in [0, 0.1) is 11.8 Å². The molecule has 0 amide bonds. The minimum absolute atomic E-state index is 0.577. The molecule has 0 aromatic heterocycles. The summed E-state index contributed by atoms with van der Waals surface area (Å²) in [7, 11) is 0. The normalized spacial score (nSPS) is 11.6. The number of rotatable bonds is 10. The van der Waals surface area contributed by atoms with Gasteiger partial charge >= 0.3 is 0 Å². The maximum Gasteiger partial charge on any atom is 0.119 e. The molecule has 0 saturated heterocycles. The van der Waals surface area contributed by atoms with E-state index in [4.69, 9.17) is 13.1 Å². The molecule has 92 valence electrons. The van der Waals surface area contributed by atoms with Gasteiger partial charge in [-0.25, -0.2) is 3.63 Å². The van der Waals surface area contributed by atoms with Crippen molar-refractivity contribution in [3.8, 4) is 0 Å². The Morgan fingerprint density at radius 3 is 1.53 bits per heavy atom. The highest BCUT2D eigenvalue weighted by atomic mass is 32.2. The topological polar surface area (TPSA) is 27.7 Å². The highest BCUT2D eigenvalue weighted by molar-refractivity contribution is 8.07. The van der Waals surface area contributed by atoms with Gasteiger partial charge in [-0.2, -0.15) is 0 Å². The first-order valence-electron chi connectivity index (χ1n) is 5.19. The van der Waals surface area contributed by atoms with Gasteiger partial charge in [-0.3, -0.25) is 0 Å². The lowest BCUT2D eigenvalue weighted by atomic mass is 10.2. The van der Waals surface area contributed by atoms with E-state index < -0.39 is 0 Å². The van der Waals surface area contributed by atoms with Crippen LogP contribution in [0.2, 0.25) is 0 Å². The molecular weight excluding hydrogens is 232 g/mol. The summed E-state index contributed by atoms with van der Waals surface area (Å²) in [6, 6.07) is 0. The summed E-state index contributed by atoms with van der Waals surface area (Å²) in [5.41, 5.74) is 0. The van der Waals surface area contributed by atoms with Crippen molar-refractivity contribution >= 4 is 24.1 Å². The Kier molecular flexibility index (Phi) is 11.5. The van der Waals surface area contributed by atoms with Gasteiger partial charge in [0.2, 0.25) is 0 Å². The van der Waals surface area contributed by atoms with Crippen LogP contribution in [-0.2, 0) is 13.1 Å². The second kappa shape index (κ2) is 11.1. The molecule has 0 heterocycles. The summed E-state index contributed by atoms with van der Waals surface area (Å²) in [6.45, 7) is 10.1. The molecule has 0 fully saturated rings. The maximum absolute atomic E-state index is 5.32. The Morgan fingerprint density at radius 1 is 0.800 bits per heavy atom. The van der Waals surface area contributed by atoms with Crippen LogP contribution in [0.3, 0.4) is 0 Å². The van der Waals surface area contributed by atoms with Crippen molar-refractivity contribution < 1.29 is 13.1 Å². The van der Waals surface area contributed by atoms with Crippen LogP contribution in [0.5, 0.6) is 0 Å². The molecule has 0 N–H and O–H groups in total. The third-order valence-electron chi connectivity index (χ3n) is 1.26. The molecule has 0 spiro atoms. The van der Waals surface area contributed by atoms with Crippen LogP contribution in [0.25, 0.3) is 0 Å². The van der Waals surface area contributed by atoms with Crippen molar-refractivity contribution in [2.45, 2.75) is 27.7 Å². The van der Waals surface area contributed by atoms with Crippen molar-refractivity contribution in [1.82, 2.24) is 0 Å². The summed E-state index contributed by atoms with van der Waals surface area (Å²) in [6.07, 6.45) is 0. The van der Waals surface area contributed by atoms with Crippen LogP contribution in [0.1, 0.15) is 27.7 Å². The van der Waals surface area contributed by atoms with E-state index in [1.54, 1.807) is 0 Å². The zero-order valence-electron chi connectivity index (χ0n) is 10.0. The van der Waals surface area contributed by atoms with E-state index in [2.05, 4.69) is 27.7 Å². The van der Waals surface area contributed by atoms with E-state index in [-0.39, 0.29) is 0 Å². The van der Waals surface area contributed by atoms with Crippen LogP contribution in [0.4, 0.5) is 0 Å². The largest absolute Gasteiger partial charge is 0.368 e. The molecule has 0 aliphatic heterocycles. The maximum atomic E-state index is 5.32. The molecule has 0 bridgehead atoms. The van der Waals surface area contributed by atoms with E-state index >= 15 is 0 Å². The standard InChI is InChI=1S/C10H22O3S2/c1-9(2)5-11-7-14-13-15-8-12-6-10(3)4/h9-10H,5-8H2,1-4H3. The molecule has 0 unspecified atom stereocenters. The molecule has 0 radical (unpaired) electrons. The molecule has 3 nitrogen and oxygen atoms in total. The fourth-order valence-corrected chi connectivity index (χ4v) is 1.62. The minimum Gasteiger partial charge on any atom is -0.368 e. The Balaban J connectivity index is 2.93. The number of ether oxygens (including phenoxy) is 2. The molecule has 0 saturated carbocycles. The van der Waals surface area contributed by atoms with E-state index in [1.807, 2.05) is 0 Å². The van der Waals surface area contributed by atoms with Crippen LogP contribution in [0.15, 0.2) is 0 Å². The van der Waals surface area contributed by atoms with E-state index in [1.165, 1.54) is 24.1 Å². The summed E-state index contributed by atoms with van der Waals surface area (Å²) < 4.78 is 15.8. The SMILES string of the molecule is CC(C)COCSOSCOCC(C)C. The molecule has 0 aromatic rings. The first kappa shape index (κ1) is 15.6.